The van der Waals surface area contributed by atoms with Crippen LogP contribution in [0.3, 0.4) is 0 Å². The minimum atomic E-state index is -1.10. The minimum Gasteiger partial charge on any atom is -0.506 e. The van der Waals surface area contributed by atoms with Gasteiger partial charge in [0.1, 0.15) is 17.7 Å². The van der Waals surface area contributed by atoms with Gasteiger partial charge in [-0.2, -0.15) is 0 Å². The molecule has 12 heteroatoms. The van der Waals surface area contributed by atoms with Crippen molar-refractivity contribution in [1.82, 2.24) is 20.5 Å². The molecule has 2 bridgehead atoms. The van der Waals surface area contributed by atoms with E-state index in [2.05, 4.69) is 20.5 Å². The lowest BCUT2D eigenvalue weighted by Gasteiger charge is -2.43. The number of aromatic hydroxyl groups is 1. The lowest BCUT2D eigenvalue weighted by Crippen LogP contribution is -2.52. The van der Waals surface area contributed by atoms with E-state index in [0.717, 1.165) is 77.4 Å². The lowest BCUT2D eigenvalue weighted by molar-refractivity contribution is -0.0336. The molecule has 0 radical (unpaired) electrons. The molecule has 3 saturated heterocycles. The number of rotatable bonds is 18. The van der Waals surface area contributed by atoms with E-state index in [0.29, 0.717) is 41.0 Å². The number of aromatic nitrogens is 1. The third-order valence-electron chi connectivity index (χ3n) is 10.5. The summed E-state index contributed by atoms with van der Waals surface area (Å²) in [5, 5.41) is 27.4. The molecule has 3 aliphatic rings. The number of aliphatic hydroxyl groups excluding tert-OH is 1. The molecule has 1 aromatic heterocycles. The van der Waals surface area contributed by atoms with Gasteiger partial charge in [0.2, 0.25) is 5.56 Å². The Bertz CT molecular complexity index is 1870. The van der Waals surface area contributed by atoms with Crippen molar-refractivity contribution >= 4 is 17.0 Å². The van der Waals surface area contributed by atoms with E-state index in [1.165, 1.54) is 24.3 Å². The van der Waals surface area contributed by atoms with Crippen molar-refractivity contribution in [3.63, 3.8) is 0 Å². The highest BCUT2D eigenvalue weighted by Crippen LogP contribution is 2.34. The fourth-order valence-corrected chi connectivity index (χ4v) is 7.54. The fraction of sp³-hybridized carbons (Fsp3) is 0.463. The van der Waals surface area contributed by atoms with Crippen molar-refractivity contribution in [2.75, 3.05) is 39.3 Å². The molecule has 0 saturated carbocycles. The molecule has 10 nitrogen and oxygen atoms in total. The van der Waals surface area contributed by atoms with Crippen LogP contribution >= 0.6 is 0 Å². The Morgan fingerprint density at radius 1 is 0.925 bits per heavy atom. The maximum absolute atomic E-state index is 15.9. The van der Waals surface area contributed by atoms with Gasteiger partial charge in [-0.25, -0.2) is 13.6 Å². The Morgan fingerprint density at radius 2 is 1.66 bits per heavy atom. The van der Waals surface area contributed by atoms with Crippen molar-refractivity contribution in [3.05, 3.63) is 105 Å². The van der Waals surface area contributed by atoms with E-state index in [1.54, 1.807) is 42.5 Å². The highest BCUT2D eigenvalue weighted by Gasteiger charge is 2.37. The number of aliphatic hydroxyl groups is 1. The van der Waals surface area contributed by atoms with E-state index < -0.39 is 29.9 Å². The predicted molar refractivity (Wildman–Crippen MR) is 199 cm³/mol. The number of nitrogens with zero attached hydrogens (tertiary/aromatic N) is 1. The summed E-state index contributed by atoms with van der Waals surface area (Å²) in [6.45, 7) is 4.08. The average Bonchev–Trinajstić information content (AvgIpc) is 3.16. The van der Waals surface area contributed by atoms with Crippen LogP contribution in [0.5, 0.6) is 11.5 Å². The van der Waals surface area contributed by atoms with Gasteiger partial charge in [0.25, 0.3) is 0 Å². The van der Waals surface area contributed by atoms with Gasteiger partial charge in [0.05, 0.1) is 29.8 Å². The second-order valence-corrected chi connectivity index (χ2v) is 14.2. The first kappa shape index (κ1) is 38.2. The molecule has 3 aliphatic heterocycles. The second kappa shape index (κ2) is 18.5. The van der Waals surface area contributed by atoms with Crippen LogP contribution < -0.4 is 20.9 Å². The monoisotopic (exact) mass is 732 g/mol. The number of hydrogen-bond acceptors (Lipinski definition) is 8. The number of phenolic OH excluding ortho intramolecular Hbond substituents is 1. The third-order valence-corrected chi connectivity index (χ3v) is 10.5. The number of piperidine rings is 3. The normalized spacial score (nSPS) is 19.2. The van der Waals surface area contributed by atoms with E-state index in [1.807, 2.05) is 0 Å². The summed E-state index contributed by atoms with van der Waals surface area (Å²) < 4.78 is 42.8. The maximum Gasteiger partial charge on any atom is 0.408 e. The summed E-state index contributed by atoms with van der Waals surface area (Å²) in [4.78, 5) is 29.6. The number of carbonyl (C=O) groups excluding carboxylic acids is 1. The molecule has 0 spiro atoms. The number of carbonyl (C=O) groups is 1. The molecular weight excluding hydrogens is 682 g/mol. The Hall–Kier alpha value is -4.52. The maximum atomic E-state index is 15.9. The number of nitrogens with one attached hydrogen (secondary N) is 3. The number of fused-ring (bicyclic) bond motifs is 4. The van der Waals surface area contributed by atoms with E-state index >= 15 is 8.78 Å². The number of halogens is 2. The molecule has 3 aromatic carbocycles. The Kier molecular flexibility index (Phi) is 13.3. The molecule has 4 heterocycles. The number of unbranched alkanes of at least 4 members (excludes halogenated alkanes) is 6. The second-order valence-electron chi connectivity index (χ2n) is 14.2. The standard InChI is InChI=1S/C41H50F2N4O6/c42-31-15-17-34(38(43)37(31)39(28-11-7-6-8-12-28)46-41(51)53-35-26-47-22-19-27(35)20-23-47)52-24-10-5-3-1-2-4-9-21-44-25-33(49)29-13-16-32(48)40-30(29)14-18-36(50)45-40/h6-8,11-18,27,33,35,39,44,48-49H,1-5,9-10,19-26H2,(H,45,50)(H,46,51). The van der Waals surface area contributed by atoms with Crippen molar-refractivity contribution in [2.45, 2.75) is 76.0 Å². The molecule has 3 unspecified atom stereocenters. The molecule has 1 amide bonds. The molecule has 284 valence electrons. The minimum absolute atomic E-state index is 0.0361. The van der Waals surface area contributed by atoms with E-state index in [4.69, 9.17) is 9.47 Å². The van der Waals surface area contributed by atoms with Gasteiger partial charge in [0, 0.05) is 24.5 Å². The van der Waals surface area contributed by atoms with Crippen molar-refractivity contribution in [1.29, 1.82) is 0 Å². The van der Waals surface area contributed by atoms with Crippen LogP contribution in [0, 0.1) is 17.6 Å². The van der Waals surface area contributed by atoms with Gasteiger partial charge in [-0.1, -0.05) is 68.5 Å². The average molecular weight is 733 g/mol. The van der Waals surface area contributed by atoms with Crippen LogP contribution in [0.25, 0.3) is 10.9 Å². The van der Waals surface area contributed by atoms with Crippen LogP contribution in [0.2, 0.25) is 0 Å². The van der Waals surface area contributed by atoms with Gasteiger partial charge >= 0.3 is 6.09 Å². The summed E-state index contributed by atoms with van der Waals surface area (Å²) >= 11 is 0. The van der Waals surface area contributed by atoms with Crippen LogP contribution in [0.4, 0.5) is 13.6 Å². The van der Waals surface area contributed by atoms with Crippen molar-refractivity contribution < 1.29 is 33.3 Å². The third kappa shape index (κ3) is 9.92. The highest BCUT2D eigenvalue weighted by molar-refractivity contribution is 5.87. The van der Waals surface area contributed by atoms with Gasteiger partial charge < -0.3 is 35.3 Å². The highest BCUT2D eigenvalue weighted by atomic mass is 19.1. The molecule has 3 fully saturated rings. The molecular formula is C41H50F2N4O6. The quantitative estimate of drug-likeness (QED) is 0.0701. The number of H-pyrrole nitrogens is 1. The van der Waals surface area contributed by atoms with Gasteiger partial charge in [0.15, 0.2) is 11.6 Å². The number of phenols is 1. The summed E-state index contributed by atoms with van der Waals surface area (Å²) in [7, 11) is 0. The van der Waals surface area contributed by atoms with Crippen LogP contribution in [-0.2, 0) is 4.74 Å². The Morgan fingerprint density at radius 3 is 2.40 bits per heavy atom. The Labute approximate surface area is 308 Å². The predicted octanol–water partition coefficient (Wildman–Crippen LogP) is 6.85. The summed E-state index contributed by atoms with van der Waals surface area (Å²) in [5.41, 5.74) is 0.886. The van der Waals surface area contributed by atoms with Gasteiger partial charge in [-0.3, -0.25) is 9.69 Å². The number of hydrogen-bond donors (Lipinski definition) is 5. The molecule has 4 aromatic rings. The number of amides is 1. The van der Waals surface area contributed by atoms with Gasteiger partial charge in [-0.05, 0) is 86.6 Å². The summed E-state index contributed by atoms with van der Waals surface area (Å²) in [6.07, 6.45) is 6.97. The number of benzene rings is 3. The number of ether oxygens (including phenoxy) is 2. The topological polar surface area (TPSA) is 136 Å². The molecule has 7 rings (SSSR count). The largest absolute Gasteiger partial charge is 0.506 e. The van der Waals surface area contributed by atoms with E-state index in [9.17, 15) is 19.8 Å². The van der Waals surface area contributed by atoms with Crippen molar-refractivity contribution in [3.8, 4) is 11.5 Å². The molecule has 0 aliphatic carbocycles. The number of aromatic amines is 1. The Balaban J connectivity index is 0.900. The van der Waals surface area contributed by atoms with Gasteiger partial charge in [-0.15, -0.1) is 0 Å². The number of alkyl carbamates (subject to hydrolysis) is 1. The molecule has 3 atom stereocenters. The molecule has 53 heavy (non-hydrogen) atoms. The van der Waals surface area contributed by atoms with Crippen LogP contribution in [0.1, 0.15) is 86.6 Å². The zero-order valence-corrected chi connectivity index (χ0v) is 30.0. The summed E-state index contributed by atoms with van der Waals surface area (Å²) in [5.74, 6) is -1.40. The fourth-order valence-electron chi connectivity index (χ4n) is 7.54. The van der Waals surface area contributed by atoms with Crippen molar-refractivity contribution in [2.24, 2.45) is 5.92 Å². The van der Waals surface area contributed by atoms with Crippen LogP contribution in [-0.4, -0.2) is 71.6 Å². The zero-order chi connectivity index (χ0) is 37.2. The SMILES string of the molecule is O=C(NC(c1ccccc1)c1c(F)ccc(OCCCCCCCCCNCC(O)c2ccc(O)c3[nH]c(=O)ccc23)c1F)OC1CN2CCC1CC2. The first-order chi connectivity index (χ1) is 25.8. The first-order valence-electron chi connectivity index (χ1n) is 18.9. The van der Waals surface area contributed by atoms with E-state index in [-0.39, 0.29) is 35.3 Å². The molecule has 5 N–H and O–H groups in total. The lowest BCUT2D eigenvalue weighted by atomic mass is 9.86. The first-order valence-corrected chi connectivity index (χ1v) is 18.9. The summed E-state index contributed by atoms with van der Waals surface area (Å²) in [6, 6.07) is 16.3. The van der Waals surface area contributed by atoms with Crippen LogP contribution in [0.15, 0.2) is 71.5 Å². The number of pyridine rings is 1. The zero-order valence-electron chi connectivity index (χ0n) is 30.0. The smallest absolute Gasteiger partial charge is 0.408 e.